The van der Waals surface area contributed by atoms with Gasteiger partial charge in [0.05, 0.1) is 11.7 Å². The van der Waals surface area contributed by atoms with Crippen molar-refractivity contribution in [3.05, 3.63) is 35.1 Å². The zero-order chi connectivity index (χ0) is 13.4. The highest BCUT2D eigenvalue weighted by molar-refractivity contribution is 7.17. The van der Waals surface area contributed by atoms with Crippen LogP contribution in [0.5, 0.6) is 0 Å². The van der Waals surface area contributed by atoms with Crippen LogP contribution < -0.4 is 5.32 Å². The molecule has 19 heavy (non-hydrogen) atoms. The second kappa shape index (κ2) is 4.70. The van der Waals surface area contributed by atoms with Gasteiger partial charge in [0.25, 0.3) is 5.91 Å². The molecular formula is C13H12FN3OS. The second-order valence-corrected chi connectivity index (χ2v) is 5.51. The molecule has 1 aliphatic carbocycles. The Hall–Kier alpha value is -1.82. The molecule has 0 radical (unpaired) electrons. The number of amides is 1. The van der Waals surface area contributed by atoms with Crippen molar-refractivity contribution in [1.82, 2.24) is 15.3 Å². The van der Waals surface area contributed by atoms with E-state index in [1.165, 1.54) is 11.3 Å². The first-order valence-corrected chi connectivity index (χ1v) is 6.79. The highest BCUT2D eigenvalue weighted by Crippen LogP contribution is 2.29. The third kappa shape index (κ3) is 2.49. The average molecular weight is 277 g/mol. The van der Waals surface area contributed by atoms with Crippen LogP contribution in [0.15, 0.2) is 24.5 Å². The molecule has 2 heterocycles. The molecule has 0 unspecified atom stereocenters. The Morgan fingerprint density at radius 2 is 2.37 bits per heavy atom. The van der Waals surface area contributed by atoms with E-state index in [2.05, 4.69) is 15.3 Å². The topological polar surface area (TPSA) is 54.9 Å². The molecule has 1 aliphatic rings. The molecule has 1 amide bonds. The van der Waals surface area contributed by atoms with Crippen LogP contribution in [0.25, 0.3) is 10.6 Å². The van der Waals surface area contributed by atoms with Crippen molar-refractivity contribution in [2.45, 2.75) is 25.6 Å². The predicted molar refractivity (Wildman–Crippen MR) is 70.8 cm³/mol. The van der Waals surface area contributed by atoms with Gasteiger partial charge in [-0.25, -0.2) is 9.37 Å². The fraction of sp³-hybridized carbons (Fsp3) is 0.308. The van der Waals surface area contributed by atoms with Gasteiger partial charge in [-0.15, -0.1) is 11.3 Å². The van der Waals surface area contributed by atoms with Crippen LogP contribution in [0.4, 0.5) is 4.39 Å². The highest BCUT2D eigenvalue weighted by Gasteiger charge is 2.39. The largest absolute Gasteiger partial charge is 0.346 e. The minimum absolute atomic E-state index is 0.240. The van der Waals surface area contributed by atoms with Gasteiger partial charge in [-0.3, -0.25) is 9.78 Å². The molecule has 2 atom stereocenters. The molecule has 0 aromatic carbocycles. The third-order valence-corrected chi connectivity index (χ3v) is 4.15. The summed E-state index contributed by atoms with van der Waals surface area (Å²) in [5, 5.41) is 3.42. The van der Waals surface area contributed by atoms with Crippen LogP contribution in [0, 0.1) is 6.92 Å². The lowest BCUT2D eigenvalue weighted by molar-refractivity contribution is 0.0951. The van der Waals surface area contributed by atoms with Crippen molar-refractivity contribution in [3.8, 4) is 10.6 Å². The number of nitrogens with zero attached hydrogens (tertiary/aromatic N) is 2. The summed E-state index contributed by atoms with van der Waals surface area (Å²) in [5.41, 5.74) is 1.54. The van der Waals surface area contributed by atoms with Gasteiger partial charge in [0.2, 0.25) is 0 Å². The molecule has 0 spiro atoms. The summed E-state index contributed by atoms with van der Waals surface area (Å²) in [4.78, 5) is 20.9. The number of halogens is 1. The zero-order valence-corrected chi connectivity index (χ0v) is 11.1. The van der Waals surface area contributed by atoms with E-state index < -0.39 is 6.17 Å². The Kier molecular flexibility index (Phi) is 3.02. The van der Waals surface area contributed by atoms with E-state index in [9.17, 15) is 9.18 Å². The standard InChI is InChI=1S/C13H12FN3OS/c1-7-11(12(18)17-10-5-9(10)14)19-13(16-7)8-3-2-4-15-6-8/h2-4,6,9-10H,5H2,1H3,(H,17,18)/t9-,10-/m0/s1. The molecule has 0 bridgehead atoms. The molecule has 0 aliphatic heterocycles. The molecule has 4 nitrogen and oxygen atoms in total. The first-order chi connectivity index (χ1) is 9.15. The Bertz CT molecular complexity index is 614. The van der Waals surface area contributed by atoms with Crippen LogP contribution in [-0.2, 0) is 0 Å². The van der Waals surface area contributed by atoms with E-state index in [-0.39, 0.29) is 11.9 Å². The number of aromatic nitrogens is 2. The van der Waals surface area contributed by atoms with Crippen molar-refractivity contribution in [2.75, 3.05) is 0 Å². The third-order valence-electron chi connectivity index (χ3n) is 2.94. The summed E-state index contributed by atoms with van der Waals surface area (Å²) in [6.07, 6.45) is 2.92. The molecule has 98 valence electrons. The SMILES string of the molecule is Cc1nc(-c2cccnc2)sc1C(=O)N[C@H]1C[C@@H]1F. The van der Waals surface area contributed by atoms with Gasteiger partial charge in [0, 0.05) is 24.4 Å². The number of carbonyl (C=O) groups is 1. The van der Waals surface area contributed by atoms with Gasteiger partial charge in [-0.2, -0.15) is 0 Å². The summed E-state index contributed by atoms with van der Waals surface area (Å²) in [5.74, 6) is -0.240. The first-order valence-electron chi connectivity index (χ1n) is 5.98. The van der Waals surface area contributed by atoms with Crippen LogP contribution in [0.2, 0.25) is 0 Å². The van der Waals surface area contributed by atoms with Crippen molar-refractivity contribution in [1.29, 1.82) is 0 Å². The molecular weight excluding hydrogens is 265 g/mol. The van der Waals surface area contributed by atoms with Gasteiger partial charge in [0.15, 0.2) is 0 Å². The average Bonchev–Trinajstić information content (AvgIpc) is 2.95. The van der Waals surface area contributed by atoms with Crippen molar-refractivity contribution >= 4 is 17.2 Å². The molecule has 2 aromatic heterocycles. The number of rotatable bonds is 3. The first kappa shape index (κ1) is 12.2. The van der Waals surface area contributed by atoms with E-state index in [0.717, 1.165) is 10.6 Å². The maximum atomic E-state index is 12.8. The van der Waals surface area contributed by atoms with E-state index >= 15 is 0 Å². The summed E-state index contributed by atoms with van der Waals surface area (Å²) in [6.45, 7) is 1.78. The maximum Gasteiger partial charge on any atom is 0.263 e. The molecule has 1 fully saturated rings. The van der Waals surface area contributed by atoms with Gasteiger partial charge in [-0.1, -0.05) is 0 Å². The summed E-state index contributed by atoms with van der Waals surface area (Å²) in [7, 11) is 0. The normalized spacial score (nSPS) is 21.2. The number of hydrogen-bond acceptors (Lipinski definition) is 4. The van der Waals surface area contributed by atoms with Crippen LogP contribution in [0.3, 0.4) is 0 Å². The second-order valence-electron chi connectivity index (χ2n) is 4.51. The molecule has 0 saturated heterocycles. The lowest BCUT2D eigenvalue weighted by Crippen LogP contribution is -2.26. The number of aryl methyl sites for hydroxylation is 1. The summed E-state index contributed by atoms with van der Waals surface area (Å²) in [6, 6.07) is 3.39. The van der Waals surface area contributed by atoms with Crippen molar-refractivity contribution in [3.63, 3.8) is 0 Å². The molecule has 1 saturated carbocycles. The minimum atomic E-state index is -0.894. The lowest BCUT2D eigenvalue weighted by atomic mass is 10.3. The van der Waals surface area contributed by atoms with E-state index in [1.54, 1.807) is 19.3 Å². The number of pyridine rings is 1. The maximum absolute atomic E-state index is 12.8. The van der Waals surface area contributed by atoms with Crippen LogP contribution in [0.1, 0.15) is 21.8 Å². The zero-order valence-electron chi connectivity index (χ0n) is 10.3. The number of hydrogen-bond donors (Lipinski definition) is 1. The van der Waals surface area contributed by atoms with Gasteiger partial charge < -0.3 is 5.32 Å². The highest BCUT2D eigenvalue weighted by atomic mass is 32.1. The number of carbonyl (C=O) groups excluding carboxylic acids is 1. The fourth-order valence-corrected chi connectivity index (χ4v) is 2.73. The van der Waals surface area contributed by atoms with E-state index in [0.29, 0.717) is 17.0 Å². The molecule has 6 heteroatoms. The Labute approximate surface area is 113 Å². The monoisotopic (exact) mass is 277 g/mol. The van der Waals surface area contributed by atoms with Crippen molar-refractivity contribution in [2.24, 2.45) is 0 Å². The Morgan fingerprint density at radius 1 is 1.58 bits per heavy atom. The lowest BCUT2D eigenvalue weighted by Gasteiger charge is -2.00. The molecule has 2 aromatic rings. The Morgan fingerprint density at radius 3 is 3.00 bits per heavy atom. The molecule has 3 rings (SSSR count). The number of thiazole rings is 1. The number of alkyl halides is 1. The predicted octanol–water partition coefficient (Wildman–Crippen LogP) is 2.35. The summed E-state index contributed by atoms with van der Waals surface area (Å²) < 4.78 is 12.8. The van der Waals surface area contributed by atoms with E-state index in [1.807, 2.05) is 12.1 Å². The van der Waals surface area contributed by atoms with Crippen LogP contribution in [-0.4, -0.2) is 28.1 Å². The quantitative estimate of drug-likeness (QED) is 0.937. The van der Waals surface area contributed by atoms with Gasteiger partial charge in [-0.05, 0) is 19.1 Å². The minimum Gasteiger partial charge on any atom is -0.346 e. The number of nitrogens with one attached hydrogen (secondary N) is 1. The fourth-order valence-electron chi connectivity index (χ4n) is 1.77. The van der Waals surface area contributed by atoms with E-state index in [4.69, 9.17) is 0 Å². The molecule has 1 N–H and O–H groups in total. The van der Waals surface area contributed by atoms with Gasteiger partial charge >= 0.3 is 0 Å². The van der Waals surface area contributed by atoms with Crippen LogP contribution >= 0.6 is 11.3 Å². The van der Waals surface area contributed by atoms with Gasteiger partial charge in [0.1, 0.15) is 16.1 Å². The van der Waals surface area contributed by atoms with Crippen molar-refractivity contribution < 1.29 is 9.18 Å². The summed E-state index contributed by atoms with van der Waals surface area (Å²) >= 11 is 1.31. The Balaban J connectivity index is 1.83. The smallest absolute Gasteiger partial charge is 0.263 e.